The summed E-state index contributed by atoms with van der Waals surface area (Å²) in [5.41, 5.74) is -0.291. The van der Waals surface area contributed by atoms with Gasteiger partial charge in [0.05, 0.1) is 5.41 Å². The summed E-state index contributed by atoms with van der Waals surface area (Å²) in [6, 6.07) is 0. The number of fused-ring (bicyclic) bond motifs is 3. The van der Waals surface area contributed by atoms with Gasteiger partial charge < -0.3 is 9.84 Å². The van der Waals surface area contributed by atoms with Crippen molar-refractivity contribution < 1.29 is 19.4 Å². The van der Waals surface area contributed by atoms with Crippen LogP contribution in [-0.2, 0) is 14.3 Å². The standard InChI is InChI=1S/C25H36O4/c1-6-16(2)19(26)29-20-22(3)12-8-18-23(4)10-7-11-24(5,21(27)28)17(23)9-13-25(18,20)15-14-22/h6,14-15,17-18,20H,7-13H2,1-5H3,(H,27,28)/b16-6+/t17-,18+,20-,22+,23+,24+,25+/m0/s1. The molecule has 4 heteroatoms. The van der Waals surface area contributed by atoms with E-state index in [1.807, 2.05) is 26.8 Å². The lowest BCUT2D eigenvalue weighted by molar-refractivity contribution is -0.208. The summed E-state index contributed by atoms with van der Waals surface area (Å²) in [6.07, 6.45) is 13.0. The molecule has 0 aromatic carbocycles. The van der Waals surface area contributed by atoms with Gasteiger partial charge in [-0.05, 0) is 76.5 Å². The number of carbonyl (C=O) groups excluding carboxylic acids is 1. The Morgan fingerprint density at radius 3 is 2.38 bits per heavy atom. The first-order valence-electron chi connectivity index (χ1n) is 11.3. The summed E-state index contributed by atoms with van der Waals surface area (Å²) in [5, 5.41) is 10.1. The first-order chi connectivity index (χ1) is 13.5. The van der Waals surface area contributed by atoms with Gasteiger partial charge in [0.1, 0.15) is 6.10 Å². The molecular formula is C25H36O4. The lowest BCUT2D eigenvalue weighted by atomic mass is 9.39. The monoisotopic (exact) mass is 400 g/mol. The van der Waals surface area contributed by atoms with Gasteiger partial charge in [0.2, 0.25) is 0 Å². The van der Waals surface area contributed by atoms with E-state index in [0.717, 1.165) is 44.9 Å². The number of carboxylic acids is 1. The van der Waals surface area contributed by atoms with Gasteiger partial charge in [0.25, 0.3) is 0 Å². The lowest BCUT2D eigenvalue weighted by Crippen LogP contribution is -2.63. The van der Waals surface area contributed by atoms with E-state index in [1.54, 1.807) is 0 Å². The topological polar surface area (TPSA) is 63.6 Å². The van der Waals surface area contributed by atoms with Gasteiger partial charge in [-0.2, -0.15) is 0 Å². The van der Waals surface area contributed by atoms with Crippen molar-refractivity contribution in [2.45, 2.75) is 85.7 Å². The molecule has 4 aliphatic rings. The Balaban J connectivity index is 1.74. The van der Waals surface area contributed by atoms with Crippen LogP contribution in [-0.4, -0.2) is 23.1 Å². The third-order valence-corrected chi connectivity index (χ3v) is 9.59. The van der Waals surface area contributed by atoms with Crippen LogP contribution in [0.3, 0.4) is 0 Å². The molecule has 4 rings (SSSR count). The van der Waals surface area contributed by atoms with Crippen molar-refractivity contribution >= 4 is 11.9 Å². The molecule has 0 aromatic rings. The molecule has 0 aliphatic heterocycles. The molecule has 1 N–H and O–H groups in total. The van der Waals surface area contributed by atoms with Crippen molar-refractivity contribution in [3.63, 3.8) is 0 Å². The predicted molar refractivity (Wildman–Crippen MR) is 112 cm³/mol. The van der Waals surface area contributed by atoms with Crippen LogP contribution in [0.1, 0.15) is 79.6 Å². The maximum atomic E-state index is 12.7. The number of rotatable bonds is 3. The minimum atomic E-state index is -0.647. The molecule has 3 fully saturated rings. The van der Waals surface area contributed by atoms with Gasteiger partial charge in [-0.25, -0.2) is 4.79 Å². The lowest BCUT2D eigenvalue weighted by Gasteiger charge is -2.65. The van der Waals surface area contributed by atoms with E-state index in [-0.39, 0.29) is 34.2 Å². The molecule has 0 radical (unpaired) electrons. The Kier molecular flexibility index (Phi) is 4.61. The maximum Gasteiger partial charge on any atom is 0.333 e. The number of hydrogen-bond donors (Lipinski definition) is 1. The minimum absolute atomic E-state index is 0.0278. The van der Waals surface area contributed by atoms with Crippen LogP contribution < -0.4 is 0 Å². The normalized spacial score (nSPS) is 48.6. The van der Waals surface area contributed by atoms with Crippen LogP contribution >= 0.6 is 0 Å². The second-order valence-corrected chi connectivity index (χ2v) is 11.0. The number of aliphatic carboxylic acids is 1. The molecule has 0 amide bonds. The fourth-order valence-corrected chi connectivity index (χ4v) is 7.89. The number of hydrogen-bond acceptors (Lipinski definition) is 3. The van der Waals surface area contributed by atoms with Crippen LogP contribution in [0.2, 0.25) is 0 Å². The average Bonchev–Trinajstić information content (AvgIpc) is 2.83. The molecular weight excluding hydrogens is 364 g/mol. The third-order valence-electron chi connectivity index (χ3n) is 9.59. The van der Waals surface area contributed by atoms with Crippen LogP contribution in [0.25, 0.3) is 0 Å². The Morgan fingerprint density at radius 2 is 1.72 bits per heavy atom. The summed E-state index contributed by atoms with van der Waals surface area (Å²) < 4.78 is 6.23. The molecule has 0 unspecified atom stereocenters. The van der Waals surface area contributed by atoms with E-state index in [1.165, 1.54) is 0 Å². The van der Waals surface area contributed by atoms with Gasteiger partial charge in [0, 0.05) is 16.4 Å². The Morgan fingerprint density at radius 1 is 1.03 bits per heavy atom. The number of carbonyl (C=O) groups is 2. The molecule has 0 heterocycles. The molecule has 29 heavy (non-hydrogen) atoms. The Bertz CT molecular complexity index is 797. The van der Waals surface area contributed by atoms with Crippen LogP contribution in [0.15, 0.2) is 23.8 Å². The van der Waals surface area contributed by atoms with Crippen LogP contribution in [0.4, 0.5) is 0 Å². The van der Waals surface area contributed by atoms with E-state index in [2.05, 4.69) is 26.0 Å². The van der Waals surface area contributed by atoms with E-state index in [4.69, 9.17) is 4.74 Å². The highest BCUT2D eigenvalue weighted by atomic mass is 16.5. The summed E-state index contributed by atoms with van der Waals surface area (Å²) in [6.45, 7) is 10.2. The zero-order valence-corrected chi connectivity index (χ0v) is 18.6. The fraction of sp³-hybridized carbons (Fsp3) is 0.760. The summed E-state index contributed by atoms with van der Waals surface area (Å²) in [7, 11) is 0. The minimum Gasteiger partial charge on any atom is -0.481 e. The predicted octanol–water partition coefficient (Wildman–Crippen LogP) is 5.53. The van der Waals surface area contributed by atoms with Crippen molar-refractivity contribution in [2.75, 3.05) is 0 Å². The number of allylic oxidation sites excluding steroid dienone is 1. The molecule has 3 saturated carbocycles. The van der Waals surface area contributed by atoms with Crippen molar-refractivity contribution in [1.82, 2.24) is 0 Å². The van der Waals surface area contributed by atoms with Gasteiger partial charge in [-0.3, -0.25) is 4.79 Å². The zero-order chi connectivity index (χ0) is 21.2. The number of esters is 1. The van der Waals surface area contributed by atoms with Crippen molar-refractivity contribution in [3.05, 3.63) is 23.8 Å². The Hall–Kier alpha value is -1.58. The molecule has 1 spiro atoms. The van der Waals surface area contributed by atoms with E-state index < -0.39 is 11.4 Å². The van der Waals surface area contributed by atoms with Crippen LogP contribution in [0, 0.1) is 33.5 Å². The van der Waals surface area contributed by atoms with Crippen molar-refractivity contribution in [3.8, 4) is 0 Å². The second-order valence-electron chi connectivity index (χ2n) is 11.0. The van der Waals surface area contributed by atoms with Gasteiger partial charge in [0.15, 0.2) is 0 Å². The summed E-state index contributed by atoms with van der Waals surface area (Å²) in [5.74, 6) is -0.301. The molecule has 2 bridgehead atoms. The number of ether oxygens (including phenoxy) is 1. The largest absolute Gasteiger partial charge is 0.481 e. The van der Waals surface area contributed by atoms with Gasteiger partial charge in [-0.1, -0.05) is 38.5 Å². The Labute approximate surface area is 174 Å². The van der Waals surface area contributed by atoms with Crippen molar-refractivity contribution in [2.24, 2.45) is 33.5 Å². The highest BCUT2D eigenvalue weighted by Crippen LogP contribution is 2.72. The SMILES string of the molecule is C/C=C(\C)C(=O)O[C@@H]1[C@]23C=C[C@@]1(C)CC[C@@H]2[C@]1(C)CCC[C@@](C)(C(=O)O)[C@H]1CC3. The molecule has 4 nitrogen and oxygen atoms in total. The van der Waals surface area contributed by atoms with Crippen molar-refractivity contribution in [1.29, 1.82) is 0 Å². The quantitative estimate of drug-likeness (QED) is 0.384. The molecule has 0 saturated heterocycles. The molecule has 7 atom stereocenters. The smallest absolute Gasteiger partial charge is 0.333 e. The highest BCUT2D eigenvalue weighted by Gasteiger charge is 2.69. The third kappa shape index (κ3) is 2.63. The highest BCUT2D eigenvalue weighted by molar-refractivity contribution is 5.88. The van der Waals surface area contributed by atoms with E-state index >= 15 is 0 Å². The first kappa shape index (κ1) is 20.7. The second kappa shape index (κ2) is 6.46. The number of carboxylic acid groups (broad SMARTS) is 1. The zero-order valence-electron chi connectivity index (χ0n) is 18.6. The fourth-order valence-electron chi connectivity index (χ4n) is 7.89. The van der Waals surface area contributed by atoms with Gasteiger partial charge >= 0.3 is 11.9 Å². The summed E-state index contributed by atoms with van der Waals surface area (Å²) >= 11 is 0. The first-order valence-corrected chi connectivity index (χ1v) is 11.3. The molecule has 0 aromatic heterocycles. The molecule has 160 valence electrons. The maximum absolute atomic E-state index is 12.7. The molecule has 4 aliphatic carbocycles. The summed E-state index contributed by atoms with van der Waals surface area (Å²) in [4.78, 5) is 25.0. The van der Waals surface area contributed by atoms with Gasteiger partial charge in [-0.15, -0.1) is 0 Å². The van der Waals surface area contributed by atoms with E-state index in [9.17, 15) is 14.7 Å². The van der Waals surface area contributed by atoms with E-state index in [0.29, 0.717) is 11.5 Å². The van der Waals surface area contributed by atoms with Crippen LogP contribution in [0.5, 0.6) is 0 Å². The average molecular weight is 401 g/mol.